The molecule has 0 radical (unpaired) electrons. The Morgan fingerprint density at radius 2 is 1.85 bits per heavy atom. The quantitative estimate of drug-likeness (QED) is 0.702. The third kappa shape index (κ3) is 5.09. The van der Waals surface area contributed by atoms with Gasteiger partial charge in [-0.1, -0.05) is 19.1 Å². The van der Waals surface area contributed by atoms with Crippen molar-refractivity contribution >= 4 is 5.97 Å². The van der Waals surface area contributed by atoms with Gasteiger partial charge in [0, 0.05) is 6.42 Å². The summed E-state index contributed by atoms with van der Waals surface area (Å²) in [5.41, 5.74) is 0. The summed E-state index contributed by atoms with van der Waals surface area (Å²) in [6.45, 7) is 5.57. The van der Waals surface area contributed by atoms with Gasteiger partial charge in [0.25, 0.3) is 0 Å². The molecular weight excluding hydrogens is 258 g/mol. The van der Waals surface area contributed by atoms with Crippen LogP contribution in [0.3, 0.4) is 0 Å². The molecule has 0 saturated carbocycles. The average molecular weight is 281 g/mol. The van der Waals surface area contributed by atoms with Gasteiger partial charge >= 0.3 is 5.97 Å². The van der Waals surface area contributed by atoms with Gasteiger partial charge in [-0.05, 0) is 25.6 Å². The Balaban J connectivity index is 2.52. The van der Waals surface area contributed by atoms with Crippen LogP contribution in [-0.2, 0) is 9.53 Å². The van der Waals surface area contributed by atoms with E-state index in [2.05, 4.69) is 5.32 Å². The van der Waals surface area contributed by atoms with Crippen LogP contribution in [0, 0.1) is 0 Å². The molecule has 0 saturated heterocycles. The van der Waals surface area contributed by atoms with Crippen molar-refractivity contribution in [1.29, 1.82) is 0 Å². The number of esters is 1. The fourth-order valence-electron chi connectivity index (χ4n) is 1.82. The molecule has 0 spiro atoms. The van der Waals surface area contributed by atoms with Gasteiger partial charge in [0.05, 0.1) is 20.3 Å². The van der Waals surface area contributed by atoms with Crippen LogP contribution < -0.4 is 14.8 Å². The Bertz CT molecular complexity index is 409. The van der Waals surface area contributed by atoms with Gasteiger partial charge in [0.15, 0.2) is 11.5 Å². The van der Waals surface area contributed by atoms with E-state index >= 15 is 0 Å². The van der Waals surface area contributed by atoms with Crippen LogP contribution in [0.25, 0.3) is 0 Å². The molecule has 112 valence electrons. The number of hydrogen-bond donors (Lipinski definition) is 1. The number of ether oxygens (including phenoxy) is 3. The highest BCUT2D eigenvalue weighted by atomic mass is 16.5. The molecule has 0 aromatic heterocycles. The number of methoxy groups -OCH3 is 1. The Kier molecular flexibility index (Phi) is 7.50. The maximum atomic E-state index is 11.5. The van der Waals surface area contributed by atoms with Gasteiger partial charge in [-0.2, -0.15) is 0 Å². The number of likely N-dealkylation sites (N-methyl/N-ethyl adjacent to an activating group) is 1. The molecule has 0 aliphatic heterocycles. The first-order chi connectivity index (χ1) is 9.72. The minimum absolute atomic E-state index is 0.270. The average Bonchev–Trinajstić information content (AvgIpc) is 2.47. The molecule has 1 N–H and O–H groups in total. The lowest BCUT2D eigenvalue weighted by Gasteiger charge is -2.16. The van der Waals surface area contributed by atoms with E-state index in [0.29, 0.717) is 37.7 Å². The lowest BCUT2D eigenvalue weighted by Crippen LogP contribution is -2.38. The molecule has 5 heteroatoms. The van der Waals surface area contributed by atoms with Crippen LogP contribution in [-0.4, -0.2) is 38.9 Å². The highest BCUT2D eigenvalue weighted by Crippen LogP contribution is 2.26. The molecule has 0 aliphatic carbocycles. The second-order valence-corrected chi connectivity index (χ2v) is 4.15. The Hall–Kier alpha value is -1.75. The molecule has 0 aliphatic rings. The molecule has 5 nitrogen and oxygen atoms in total. The molecule has 1 atom stereocenters. The second-order valence-electron chi connectivity index (χ2n) is 4.15. The minimum atomic E-state index is -0.343. The van der Waals surface area contributed by atoms with Gasteiger partial charge in [-0.25, -0.2) is 0 Å². The lowest BCUT2D eigenvalue weighted by atomic mass is 10.2. The predicted molar refractivity (Wildman–Crippen MR) is 77.2 cm³/mol. The van der Waals surface area contributed by atoms with Gasteiger partial charge in [0.2, 0.25) is 0 Å². The van der Waals surface area contributed by atoms with Gasteiger partial charge in [0.1, 0.15) is 6.04 Å². The number of para-hydroxylation sites is 2. The first-order valence-corrected chi connectivity index (χ1v) is 6.88. The van der Waals surface area contributed by atoms with Crippen LogP contribution in [0.2, 0.25) is 0 Å². The fourth-order valence-corrected chi connectivity index (χ4v) is 1.82. The number of rotatable bonds is 9. The maximum Gasteiger partial charge on any atom is 0.322 e. The van der Waals surface area contributed by atoms with E-state index < -0.39 is 0 Å². The van der Waals surface area contributed by atoms with Crippen LogP contribution in [0.1, 0.15) is 20.3 Å². The molecule has 0 fully saturated rings. The summed E-state index contributed by atoms with van der Waals surface area (Å²) in [6, 6.07) is 7.16. The highest BCUT2D eigenvalue weighted by Gasteiger charge is 2.17. The zero-order chi connectivity index (χ0) is 14.8. The van der Waals surface area contributed by atoms with Crippen molar-refractivity contribution in [3.63, 3.8) is 0 Å². The van der Waals surface area contributed by atoms with Gasteiger partial charge in [-0.15, -0.1) is 0 Å². The number of hydrogen-bond acceptors (Lipinski definition) is 5. The zero-order valence-electron chi connectivity index (χ0n) is 12.3. The van der Waals surface area contributed by atoms with E-state index in [1.807, 2.05) is 38.1 Å². The van der Waals surface area contributed by atoms with Crippen LogP contribution >= 0.6 is 0 Å². The SMILES string of the molecule is CCNC(CCOc1ccccc1OCC)C(=O)OC. The normalized spacial score (nSPS) is 11.8. The summed E-state index contributed by atoms with van der Waals surface area (Å²) in [6.07, 6.45) is 0.543. The first-order valence-electron chi connectivity index (χ1n) is 6.88. The molecule has 1 aromatic carbocycles. The van der Waals surface area contributed by atoms with Crippen molar-refractivity contribution in [3.8, 4) is 11.5 Å². The second kappa shape index (κ2) is 9.20. The fraction of sp³-hybridized carbons (Fsp3) is 0.533. The molecule has 1 rings (SSSR count). The zero-order valence-corrected chi connectivity index (χ0v) is 12.3. The lowest BCUT2D eigenvalue weighted by molar-refractivity contribution is -0.143. The summed E-state index contributed by atoms with van der Waals surface area (Å²) in [5.74, 6) is 1.14. The van der Waals surface area contributed by atoms with E-state index in [-0.39, 0.29) is 12.0 Å². The summed E-state index contributed by atoms with van der Waals surface area (Å²) in [5, 5.41) is 3.07. The molecule has 0 heterocycles. The van der Waals surface area contributed by atoms with Crippen molar-refractivity contribution in [1.82, 2.24) is 5.32 Å². The predicted octanol–water partition coefficient (Wildman–Crippen LogP) is 2.01. The third-order valence-corrected chi connectivity index (χ3v) is 2.75. The number of carbonyl (C=O) groups excluding carboxylic acids is 1. The number of nitrogens with one attached hydrogen (secondary N) is 1. The van der Waals surface area contributed by atoms with Gasteiger partial charge in [-0.3, -0.25) is 4.79 Å². The first kappa shape index (κ1) is 16.3. The van der Waals surface area contributed by atoms with Crippen LogP contribution in [0.4, 0.5) is 0 Å². The van der Waals surface area contributed by atoms with Crippen molar-refractivity contribution in [2.45, 2.75) is 26.3 Å². The molecular formula is C15H23NO4. The number of benzene rings is 1. The third-order valence-electron chi connectivity index (χ3n) is 2.75. The largest absolute Gasteiger partial charge is 0.490 e. The number of carbonyl (C=O) groups is 1. The van der Waals surface area contributed by atoms with E-state index in [9.17, 15) is 4.79 Å². The standard InChI is InChI=1S/C15H23NO4/c1-4-16-12(15(17)18-3)10-11-20-14-9-7-6-8-13(14)19-5-2/h6-9,12,16H,4-5,10-11H2,1-3H3. The molecule has 0 bridgehead atoms. The summed E-state index contributed by atoms with van der Waals surface area (Å²) >= 11 is 0. The summed E-state index contributed by atoms with van der Waals surface area (Å²) in [7, 11) is 1.39. The van der Waals surface area contributed by atoms with Gasteiger partial charge < -0.3 is 19.5 Å². The Labute approximate surface area is 120 Å². The molecule has 20 heavy (non-hydrogen) atoms. The highest BCUT2D eigenvalue weighted by molar-refractivity contribution is 5.75. The molecule has 0 amide bonds. The summed E-state index contributed by atoms with van der Waals surface area (Å²) in [4.78, 5) is 11.5. The van der Waals surface area contributed by atoms with E-state index in [4.69, 9.17) is 14.2 Å². The van der Waals surface area contributed by atoms with Crippen molar-refractivity contribution < 1.29 is 19.0 Å². The van der Waals surface area contributed by atoms with Crippen LogP contribution in [0.5, 0.6) is 11.5 Å². The Morgan fingerprint density at radius 3 is 2.40 bits per heavy atom. The maximum absolute atomic E-state index is 11.5. The van der Waals surface area contributed by atoms with E-state index in [1.165, 1.54) is 7.11 Å². The van der Waals surface area contributed by atoms with E-state index in [0.717, 1.165) is 0 Å². The van der Waals surface area contributed by atoms with Crippen LogP contribution in [0.15, 0.2) is 24.3 Å². The van der Waals surface area contributed by atoms with E-state index in [1.54, 1.807) is 0 Å². The smallest absolute Gasteiger partial charge is 0.322 e. The monoisotopic (exact) mass is 281 g/mol. The topological polar surface area (TPSA) is 56.8 Å². The van der Waals surface area contributed by atoms with Crippen molar-refractivity contribution in [2.24, 2.45) is 0 Å². The Morgan fingerprint density at radius 1 is 1.20 bits per heavy atom. The van der Waals surface area contributed by atoms with Crippen molar-refractivity contribution in [3.05, 3.63) is 24.3 Å². The van der Waals surface area contributed by atoms with Crippen molar-refractivity contribution in [2.75, 3.05) is 26.9 Å². The minimum Gasteiger partial charge on any atom is -0.490 e. The summed E-state index contributed by atoms with van der Waals surface area (Å²) < 4.78 is 15.9. The molecule has 1 unspecified atom stereocenters. The molecule has 1 aromatic rings.